The maximum absolute atomic E-state index is 13.8. The number of fused-ring (bicyclic) bond motifs is 1. The number of hydrogen-bond donors (Lipinski definition) is 3. The van der Waals surface area contributed by atoms with Gasteiger partial charge in [-0.3, -0.25) is 9.10 Å². The number of aliphatic hydroxyl groups is 1. The summed E-state index contributed by atoms with van der Waals surface area (Å²) in [6.45, 7) is 7.94. The van der Waals surface area contributed by atoms with E-state index in [1.54, 1.807) is 18.2 Å². The lowest BCUT2D eigenvalue weighted by atomic mass is 10.1. The van der Waals surface area contributed by atoms with E-state index >= 15 is 0 Å². The number of nitrogens with zero attached hydrogens (tertiary/aromatic N) is 2. The number of sulfonamides is 1. The van der Waals surface area contributed by atoms with Gasteiger partial charge in [-0.2, -0.15) is 4.98 Å². The molecular formula is C31H38N4O6S. The molecule has 42 heavy (non-hydrogen) atoms. The molecule has 1 heterocycles. The van der Waals surface area contributed by atoms with E-state index in [2.05, 4.69) is 10.3 Å². The fraction of sp³-hybridized carbons (Fsp3) is 0.355. The lowest BCUT2D eigenvalue weighted by molar-refractivity contribution is -0.123. The monoisotopic (exact) mass is 594 g/mol. The Labute approximate surface area is 246 Å². The average Bonchev–Trinajstić information content (AvgIpc) is 3.32. The Balaban J connectivity index is 1.38. The van der Waals surface area contributed by atoms with Crippen LogP contribution in [0.15, 0.2) is 70.0 Å². The van der Waals surface area contributed by atoms with Crippen LogP contribution in [-0.2, 0) is 21.2 Å². The smallest absolute Gasteiger partial charge is 0.292 e. The van der Waals surface area contributed by atoms with Gasteiger partial charge in [0.15, 0.2) is 12.2 Å². The maximum atomic E-state index is 13.8. The van der Waals surface area contributed by atoms with E-state index in [0.29, 0.717) is 35.4 Å². The molecule has 0 spiro atoms. The molecule has 0 fully saturated rings. The number of anilines is 2. The van der Waals surface area contributed by atoms with Gasteiger partial charge in [0.25, 0.3) is 21.9 Å². The largest absolute Gasteiger partial charge is 0.483 e. The molecule has 4 aromatic rings. The third-order valence-electron chi connectivity index (χ3n) is 6.75. The van der Waals surface area contributed by atoms with Crippen LogP contribution in [0.1, 0.15) is 37.0 Å². The van der Waals surface area contributed by atoms with E-state index in [-0.39, 0.29) is 42.4 Å². The molecule has 0 aliphatic rings. The Morgan fingerprint density at radius 3 is 2.52 bits per heavy atom. The van der Waals surface area contributed by atoms with Crippen LogP contribution in [0.25, 0.3) is 11.1 Å². The standard InChI is InChI=1S/C31H38N4O6S/c1-20(2)18-35(42(38,39)26-13-14-27-28(16-26)41-31(32)34-27)24-10-6-9-23(15-24)11-12-25(36)17-33-29(37)19-40-30-21(3)7-5-8-22(30)4/h5-10,13-16,20,25,36H,11-12,17-19H2,1-4H3,(H2,32,34)(H,33,37). The summed E-state index contributed by atoms with van der Waals surface area (Å²) in [7, 11) is -3.93. The second-order valence-electron chi connectivity index (χ2n) is 10.8. The van der Waals surface area contributed by atoms with Gasteiger partial charge in [0.2, 0.25) is 0 Å². The highest BCUT2D eigenvalue weighted by Crippen LogP contribution is 2.29. The molecule has 0 bridgehead atoms. The molecule has 4 N–H and O–H groups in total. The van der Waals surface area contributed by atoms with Gasteiger partial charge in [-0.05, 0) is 73.6 Å². The molecule has 0 radical (unpaired) electrons. The number of rotatable bonds is 13. The van der Waals surface area contributed by atoms with Crippen molar-refractivity contribution in [3.63, 3.8) is 0 Å². The normalized spacial score (nSPS) is 12.4. The van der Waals surface area contributed by atoms with E-state index in [4.69, 9.17) is 14.9 Å². The van der Waals surface area contributed by atoms with Gasteiger partial charge in [-0.1, -0.05) is 44.2 Å². The summed E-state index contributed by atoms with van der Waals surface area (Å²) < 4.78 is 39.9. The van der Waals surface area contributed by atoms with E-state index in [0.717, 1.165) is 16.7 Å². The number of nitrogen functional groups attached to an aromatic ring is 1. The molecular weight excluding hydrogens is 556 g/mol. The number of aryl methyl sites for hydroxylation is 3. The topological polar surface area (TPSA) is 148 Å². The van der Waals surface area contributed by atoms with Crippen LogP contribution in [-0.4, -0.2) is 50.2 Å². The van der Waals surface area contributed by atoms with Crippen molar-refractivity contribution >= 4 is 38.7 Å². The minimum Gasteiger partial charge on any atom is -0.483 e. The van der Waals surface area contributed by atoms with Crippen LogP contribution >= 0.6 is 0 Å². The summed E-state index contributed by atoms with van der Waals surface area (Å²) in [5.41, 5.74) is 9.68. The quantitative estimate of drug-likeness (QED) is 0.207. The lowest BCUT2D eigenvalue weighted by Crippen LogP contribution is -2.35. The number of hydrogen-bond acceptors (Lipinski definition) is 8. The molecule has 4 rings (SSSR count). The Kier molecular flexibility index (Phi) is 9.74. The number of carbonyl (C=O) groups is 1. The number of amides is 1. The highest BCUT2D eigenvalue weighted by Gasteiger charge is 2.27. The zero-order valence-corrected chi connectivity index (χ0v) is 25.1. The maximum Gasteiger partial charge on any atom is 0.292 e. The highest BCUT2D eigenvalue weighted by molar-refractivity contribution is 7.92. The third kappa shape index (κ3) is 7.59. The summed E-state index contributed by atoms with van der Waals surface area (Å²) in [4.78, 5) is 16.4. The van der Waals surface area contributed by atoms with Crippen molar-refractivity contribution in [2.24, 2.45) is 5.92 Å². The van der Waals surface area contributed by atoms with Crippen molar-refractivity contribution in [3.8, 4) is 5.75 Å². The lowest BCUT2D eigenvalue weighted by Gasteiger charge is -2.26. The summed E-state index contributed by atoms with van der Waals surface area (Å²) >= 11 is 0. The minimum atomic E-state index is -3.93. The van der Waals surface area contributed by atoms with Gasteiger partial charge in [0.05, 0.1) is 16.7 Å². The Hall–Kier alpha value is -4.09. The summed E-state index contributed by atoms with van der Waals surface area (Å²) in [6.07, 6.45) is 0.0827. The molecule has 0 aliphatic carbocycles. The molecule has 1 unspecified atom stereocenters. The van der Waals surface area contributed by atoms with Gasteiger partial charge < -0.3 is 25.3 Å². The first-order valence-electron chi connectivity index (χ1n) is 13.9. The first kappa shape index (κ1) is 30.9. The summed E-state index contributed by atoms with van der Waals surface area (Å²) in [5, 5.41) is 13.2. The van der Waals surface area contributed by atoms with Crippen molar-refractivity contribution in [3.05, 3.63) is 77.4 Å². The molecule has 10 nitrogen and oxygen atoms in total. The van der Waals surface area contributed by atoms with Crippen molar-refractivity contribution in [1.29, 1.82) is 0 Å². The number of ether oxygens (including phenoxy) is 1. The van der Waals surface area contributed by atoms with E-state index in [1.165, 1.54) is 16.4 Å². The molecule has 0 saturated carbocycles. The Bertz CT molecular complexity index is 1630. The number of carbonyl (C=O) groups excluding carboxylic acids is 1. The van der Waals surface area contributed by atoms with E-state index in [1.807, 2.05) is 58.0 Å². The fourth-order valence-electron chi connectivity index (χ4n) is 4.63. The number of nitrogens with one attached hydrogen (secondary N) is 1. The third-order valence-corrected chi connectivity index (χ3v) is 8.54. The van der Waals surface area contributed by atoms with Gasteiger partial charge in [0, 0.05) is 19.2 Å². The summed E-state index contributed by atoms with van der Waals surface area (Å²) in [6, 6.07) is 17.5. The van der Waals surface area contributed by atoms with Crippen molar-refractivity contribution in [2.45, 2.75) is 51.5 Å². The predicted octanol–water partition coefficient (Wildman–Crippen LogP) is 4.37. The number of para-hydroxylation sites is 1. The van der Waals surface area contributed by atoms with Crippen LogP contribution in [0.5, 0.6) is 5.75 Å². The second-order valence-corrected chi connectivity index (χ2v) is 12.7. The van der Waals surface area contributed by atoms with E-state index < -0.39 is 16.1 Å². The molecule has 224 valence electrons. The predicted molar refractivity (Wildman–Crippen MR) is 163 cm³/mol. The van der Waals surface area contributed by atoms with Crippen molar-refractivity contribution in [1.82, 2.24) is 10.3 Å². The molecule has 0 saturated heterocycles. The van der Waals surface area contributed by atoms with Crippen LogP contribution < -0.4 is 20.1 Å². The van der Waals surface area contributed by atoms with Gasteiger partial charge in [-0.25, -0.2) is 8.42 Å². The Morgan fingerprint density at radius 1 is 1.10 bits per heavy atom. The highest BCUT2D eigenvalue weighted by atomic mass is 32.2. The first-order valence-corrected chi connectivity index (χ1v) is 15.3. The molecule has 3 aromatic carbocycles. The van der Waals surface area contributed by atoms with Gasteiger partial charge in [0.1, 0.15) is 11.3 Å². The van der Waals surface area contributed by atoms with Gasteiger partial charge >= 0.3 is 0 Å². The van der Waals surface area contributed by atoms with Crippen LogP contribution in [0.4, 0.5) is 11.7 Å². The first-order chi connectivity index (χ1) is 19.9. The zero-order chi connectivity index (χ0) is 30.4. The number of benzene rings is 3. The van der Waals surface area contributed by atoms with Crippen LogP contribution in [0.2, 0.25) is 0 Å². The molecule has 1 amide bonds. The summed E-state index contributed by atoms with van der Waals surface area (Å²) in [5.74, 6) is 0.418. The molecule has 1 aromatic heterocycles. The van der Waals surface area contributed by atoms with Crippen LogP contribution in [0, 0.1) is 19.8 Å². The number of aliphatic hydroxyl groups excluding tert-OH is 1. The van der Waals surface area contributed by atoms with Crippen molar-refractivity contribution < 1.29 is 27.5 Å². The fourth-order valence-corrected chi connectivity index (χ4v) is 6.27. The zero-order valence-electron chi connectivity index (χ0n) is 24.3. The van der Waals surface area contributed by atoms with Crippen molar-refractivity contribution in [2.75, 3.05) is 29.7 Å². The molecule has 0 aliphatic heterocycles. The van der Waals surface area contributed by atoms with Gasteiger partial charge in [-0.15, -0.1) is 0 Å². The minimum absolute atomic E-state index is 0.0290. The second kappa shape index (κ2) is 13.3. The molecule has 11 heteroatoms. The van der Waals surface area contributed by atoms with Crippen LogP contribution in [0.3, 0.4) is 0 Å². The SMILES string of the molecule is Cc1cccc(C)c1OCC(=O)NCC(O)CCc1cccc(N(CC(C)C)S(=O)(=O)c2ccc3nc(N)oc3c2)c1. The average molecular weight is 595 g/mol. The number of aromatic nitrogens is 1. The Morgan fingerprint density at radius 2 is 1.81 bits per heavy atom. The number of oxazole rings is 1. The van der Waals surface area contributed by atoms with E-state index in [9.17, 15) is 18.3 Å². The number of nitrogens with two attached hydrogens (primary N) is 1. The molecule has 1 atom stereocenters.